The van der Waals surface area contributed by atoms with Crippen LogP contribution in [0.5, 0.6) is 11.5 Å². The number of thiophene rings is 1. The molecule has 4 rings (SSSR count). The van der Waals surface area contributed by atoms with E-state index in [-0.39, 0.29) is 5.56 Å². The third-order valence-electron chi connectivity index (χ3n) is 4.12. The van der Waals surface area contributed by atoms with Crippen LogP contribution in [0.3, 0.4) is 0 Å². The summed E-state index contributed by atoms with van der Waals surface area (Å²) in [6.45, 7) is 0. The zero-order valence-corrected chi connectivity index (χ0v) is 13.7. The molecule has 0 unspecified atom stereocenters. The quantitative estimate of drug-likeness (QED) is 0.795. The molecule has 1 N–H and O–H groups in total. The van der Waals surface area contributed by atoms with Gasteiger partial charge in [-0.15, -0.1) is 11.3 Å². The van der Waals surface area contributed by atoms with Gasteiger partial charge in [-0.1, -0.05) is 6.07 Å². The Balaban J connectivity index is 1.87. The number of nitrogens with one attached hydrogen (secondary N) is 1. The lowest BCUT2D eigenvalue weighted by atomic mass is 10.1. The van der Waals surface area contributed by atoms with Gasteiger partial charge in [-0.05, 0) is 30.5 Å². The molecular weight excluding hydrogens is 312 g/mol. The van der Waals surface area contributed by atoms with Gasteiger partial charge in [0, 0.05) is 16.9 Å². The Hall–Kier alpha value is -2.34. The van der Waals surface area contributed by atoms with Crippen LogP contribution in [0.1, 0.15) is 24.6 Å². The monoisotopic (exact) mass is 328 g/mol. The Morgan fingerprint density at radius 2 is 2.00 bits per heavy atom. The molecule has 5 nitrogen and oxygen atoms in total. The Morgan fingerprint density at radius 3 is 2.70 bits per heavy atom. The van der Waals surface area contributed by atoms with Crippen molar-refractivity contribution < 1.29 is 9.47 Å². The highest BCUT2D eigenvalue weighted by molar-refractivity contribution is 7.17. The van der Waals surface area contributed by atoms with E-state index in [1.165, 1.54) is 11.3 Å². The van der Waals surface area contributed by atoms with Gasteiger partial charge in [-0.2, -0.15) is 0 Å². The van der Waals surface area contributed by atoms with Crippen molar-refractivity contribution in [3.63, 3.8) is 0 Å². The maximum Gasteiger partial charge on any atom is 0.260 e. The number of fused-ring (bicyclic) bond motifs is 1. The predicted molar refractivity (Wildman–Crippen MR) is 90.8 cm³/mol. The molecule has 2 aromatic heterocycles. The molecule has 0 radical (unpaired) electrons. The molecule has 23 heavy (non-hydrogen) atoms. The van der Waals surface area contributed by atoms with E-state index >= 15 is 0 Å². The van der Waals surface area contributed by atoms with Crippen molar-refractivity contribution in [1.29, 1.82) is 0 Å². The van der Waals surface area contributed by atoms with Crippen LogP contribution in [0.15, 0.2) is 28.4 Å². The van der Waals surface area contributed by atoms with Crippen LogP contribution in [-0.4, -0.2) is 24.2 Å². The molecule has 118 valence electrons. The Morgan fingerprint density at radius 1 is 1.22 bits per heavy atom. The second kappa shape index (κ2) is 5.38. The fourth-order valence-electron chi connectivity index (χ4n) is 2.73. The van der Waals surface area contributed by atoms with E-state index in [0.29, 0.717) is 22.8 Å². The molecule has 1 fully saturated rings. The number of H-pyrrole nitrogens is 1. The fraction of sp³-hybridized carbons (Fsp3) is 0.294. The molecule has 0 aliphatic heterocycles. The normalized spacial score (nSPS) is 14.2. The Labute approximate surface area is 136 Å². The minimum Gasteiger partial charge on any atom is -0.493 e. The number of aromatic nitrogens is 2. The zero-order valence-electron chi connectivity index (χ0n) is 12.9. The summed E-state index contributed by atoms with van der Waals surface area (Å²) in [5, 5.41) is 2.62. The van der Waals surface area contributed by atoms with E-state index in [9.17, 15) is 4.79 Å². The van der Waals surface area contributed by atoms with Crippen LogP contribution >= 0.6 is 11.3 Å². The first-order chi connectivity index (χ1) is 11.2. The topological polar surface area (TPSA) is 64.2 Å². The number of benzene rings is 1. The van der Waals surface area contributed by atoms with Gasteiger partial charge in [-0.25, -0.2) is 4.98 Å². The van der Waals surface area contributed by atoms with Crippen LogP contribution in [0, 0.1) is 0 Å². The van der Waals surface area contributed by atoms with E-state index in [1.54, 1.807) is 14.2 Å². The first-order valence-electron chi connectivity index (χ1n) is 7.45. The molecule has 6 heteroatoms. The van der Waals surface area contributed by atoms with Gasteiger partial charge < -0.3 is 14.5 Å². The van der Waals surface area contributed by atoms with Crippen LogP contribution in [0.2, 0.25) is 0 Å². The van der Waals surface area contributed by atoms with Crippen LogP contribution in [-0.2, 0) is 0 Å². The van der Waals surface area contributed by atoms with Crippen molar-refractivity contribution in [2.24, 2.45) is 0 Å². The first kappa shape index (κ1) is 14.3. The molecule has 2 heterocycles. The number of ether oxygens (including phenoxy) is 2. The van der Waals surface area contributed by atoms with Crippen molar-refractivity contribution in [3.8, 4) is 22.6 Å². The van der Waals surface area contributed by atoms with E-state index < -0.39 is 0 Å². The molecule has 0 spiro atoms. The van der Waals surface area contributed by atoms with Crippen molar-refractivity contribution in [2.75, 3.05) is 14.2 Å². The van der Waals surface area contributed by atoms with Gasteiger partial charge in [0.2, 0.25) is 0 Å². The number of hydrogen-bond donors (Lipinski definition) is 1. The summed E-state index contributed by atoms with van der Waals surface area (Å²) in [6, 6.07) is 5.66. The van der Waals surface area contributed by atoms with Crippen molar-refractivity contribution in [2.45, 2.75) is 18.8 Å². The summed E-state index contributed by atoms with van der Waals surface area (Å²) in [6.07, 6.45) is 2.23. The average Bonchev–Trinajstić information content (AvgIpc) is 3.33. The second-order valence-corrected chi connectivity index (χ2v) is 6.48. The maximum atomic E-state index is 12.5. The lowest BCUT2D eigenvalue weighted by Gasteiger charge is -2.09. The summed E-state index contributed by atoms with van der Waals surface area (Å²) in [4.78, 5) is 20.9. The number of rotatable bonds is 4. The first-order valence-corrected chi connectivity index (χ1v) is 8.33. The summed E-state index contributed by atoms with van der Waals surface area (Å²) in [7, 11) is 3.20. The average molecular weight is 328 g/mol. The molecule has 0 atom stereocenters. The van der Waals surface area contributed by atoms with Gasteiger partial charge in [0.15, 0.2) is 11.5 Å². The molecule has 1 aliphatic rings. The number of methoxy groups -OCH3 is 2. The second-order valence-electron chi connectivity index (χ2n) is 5.62. The molecule has 1 saturated carbocycles. The summed E-state index contributed by atoms with van der Waals surface area (Å²) >= 11 is 1.50. The molecule has 1 aromatic carbocycles. The van der Waals surface area contributed by atoms with Crippen molar-refractivity contribution in [3.05, 3.63) is 39.8 Å². The van der Waals surface area contributed by atoms with Crippen molar-refractivity contribution >= 4 is 21.6 Å². The van der Waals surface area contributed by atoms with Crippen LogP contribution in [0.25, 0.3) is 21.3 Å². The van der Waals surface area contributed by atoms with E-state index in [2.05, 4.69) is 9.97 Å². The van der Waals surface area contributed by atoms with Gasteiger partial charge in [0.1, 0.15) is 10.7 Å². The zero-order chi connectivity index (χ0) is 16.0. The van der Waals surface area contributed by atoms with Gasteiger partial charge in [-0.3, -0.25) is 4.79 Å². The Bertz CT molecular complexity index is 941. The summed E-state index contributed by atoms with van der Waals surface area (Å²) < 4.78 is 10.6. The third-order valence-corrected chi connectivity index (χ3v) is 4.99. The molecule has 0 saturated heterocycles. The predicted octanol–water partition coefficient (Wildman–Crippen LogP) is 3.55. The van der Waals surface area contributed by atoms with Gasteiger partial charge >= 0.3 is 0 Å². The smallest absolute Gasteiger partial charge is 0.260 e. The largest absolute Gasteiger partial charge is 0.493 e. The summed E-state index contributed by atoms with van der Waals surface area (Å²) in [5.41, 5.74) is 1.73. The van der Waals surface area contributed by atoms with E-state index in [1.807, 2.05) is 23.6 Å². The number of nitrogens with zero attached hydrogens (tertiary/aromatic N) is 1. The highest BCUT2D eigenvalue weighted by atomic mass is 32.1. The lowest BCUT2D eigenvalue weighted by Crippen LogP contribution is -2.10. The summed E-state index contributed by atoms with van der Waals surface area (Å²) in [5.74, 6) is 2.56. The molecular formula is C17H16N2O3S. The lowest BCUT2D eigenvalue weighted by molar-refractivity contribution is 0.355. The van der Waals surface area contributed by atoms with E-state index in [0.717, 1.165) is 34.6 Å². The highest BCUT2D eigenvalue weighted by Crippen LogP contribution is 2.40. The number of hydrogen-bond acceptors (Lipinski definition) is 5. The molecule has 3 aromatic rings. The van der Waals surface area contributed by atoms with Gasteiger partial charge in [0.25, 0.3) is 5.56 Å². The van der Waals surface area contributed by atoms with Gasteiger partial charge in [0.05, 0.1) is 19.6 Å². The molecule has 1 aliphatic carbocycles. The number of aromatic amines is 1. The fourth-order valence-corrected chi connectivity index (χ4v) is 3.69. The van der Waals surface area contributed by atoms with Crippen LogP contribution < -0.4 is 15.0 Å². The van der Waals surface area contributed by atoms with Crippen molar-refractivity contribution in [1.82, 2.24) is 9.97 Å². The van der Waals surface area contributed by atoms with Crippen LogP contribution in [0.4, 0.5) is 0 Å². The minimum absolute atomic E-state index is 0.0667. The Kier molecular flexibility index (Phi) is 3.34. The maximum absolute atomic E-state index is 12.5. The SMILES string of the molecule is COc1ccc(-c2csc3nc(C4CC4)[nH]c(=O)c23)cc1OC. The minimum atomic E-state index is -0.0667. The van der Waals surface area contributed by atoms with E-state index in [4.69, 9.17) is 9.47 Å². The standard InChI is InChI=1S/C17H16N2O3S/c1-21-12-6-5-10(7-13(12)22-2)11-8-23-17-14(11)16(20)18-15(19-17)9-3-4-9/h5-9H,3-4H2,1-2H3,(H,18,19,20). The third kappa shape index (κ3) is 2.39. The highest BCUT2D eigenvalue weighted by Gasteiger charge is 2.27. The molecule has 0 amide bonds. The molecule has 0 bridgehead atoms.